The summed E-state index contributed by atoms with van der Waals surface area (Å²) in [6.45, 7) is 1.41. The Hall–Kier alpha value is -2.35. The number of thiophene rings is 1. The van der Waals surface area contributed by atoms with Crippen LogP contribution in [0.15, 0.2) is 21.9 Å². The second kappa shape index (κ2) is 11.4. The van der Waals surface area contributed by atoms with Gasteiger partial charge in [-0.1, -0.05) is 32.1 Å². The van der Waals surface area contributed by atoms with E-state index in [-0.39, 0.29) is 34.6 Å². The van der Waals surface area contributed by atoms with Gasteiger partial charge in [-0.2, -0.15) is 4.31 Å². The maximum Gasteiger partial charge on any atom is 0.348 e. The van der Waals surface area contributed by atoms with Crippen LogP contribution >= 0.6 is 22.7 Å². The smallest absolute Gasteiger partial charge is 0.348 e. The summed E-state index contributed by atoms with van der Waals surface area (Å²) in [5.41, 5.74) is 0.424. The molecule has 13 heteroatoms. The van der Waals surface area contributed by atoms with Gasteiger partial charge in [0.25, 0.3) is 10.0 Å². The van der Waals surface area contributed by atoms with Gasteiger partial charge in [-0.3, -0.25) is 9.59 Å². The second-order valence-corrected chi connectivity index (χ2v) is 13.2. The number of carbonyl (C=O) groups excluding carboxylic acids is 3. The molecule has 1 atom stereocenters. The number of ether oxygens (including phenoxy) is 1. The molecule has 1 N–H and O–H groups in total. The Morgan fingerprint density at radius 2 is 2.00 bits per heavy atom. The van der Waals surface area contributed by atoms with Crippen LogP contribution in [0.25, 0.3) is 0 Å². The van der Waals surface area contributed by atoms with E-state index in [2.05, 4.69) is 10.3 Å². The summed E-state index contributed by atoms with van der Waals surface area (Å²) >= 11 is 2.14. The number of hydrogen-bond donors (Lipinski definition) is 1. The van der Waals surface area contributed by atoms with Gasteiger partial charge in [0.05, 0.1) is 13.7 Å². The molecule has 2 aliphatic rings. The van der Waals surface area contributed by atoms with Crippen molar-refractivity contribution in [3.8, 4) is 0 Å². The number of hydrogen-bond acceptors (Lipinski definition) is 9. The zero-order chi connectivity index (χ0) is 25.9. The van der Waals surface area contributed by atoms with Crippen LogP contribution in [0.2, 0.25) is 0 Å². The SMILES string of the molecule is COC(=O)c1cc(C)c(S(=O)(=O)N2CCN(C(CC3CCCCC3)C(=O)Nc3nccs3)C(=O)C2)s1. The Balaban J connectivity index is 1.51. The van der Waals surface area contributed by atoms with E-state index in [0.717, 1.165) is 41.3 Å². The van der Waals surface area contributed by atoms with Crippen molar-refractivity contribution in [3.05, 3.63) is 28.1 Å². The number of aryl methyl sites for hydroxylation is 1. The van der Waals surface area contributed by atoms with Crippen LogP contribution in [0.1, 0.15) is 53.8 Å². The quantitative estimate of drug-likeness (QED) is 0.497. The fraction of sp³-hybridized carbons (Fsp3) is 0.565. The highest BCUT2D eigenvalue weighted by Crippen LogP contribution is 2.32. The highest BCUT2D eigenvalue weighted by atomic mass is 32.2. The predicted octanol–water partition coefficient (Wildman–Crippen LogP) is 3.11. The van der Waals surface area contributed by atoms with E-state index in [4.69, 9.17) is 4.74 Å². The lowest BCUT2D eigenvalue weighted by Crippen LogP contribution is -2.58. The fourth-order valence-corrected chi connectivity index (χ4v) is 8.49. The van der Waals surface area contributed by atoms with E-state index in [1.807, 2.05) is 0 Å². The maximum atomic E-state index is 13.3. The van der Waals surface area contributed by atoms with Crippen molar-refractivity contribution in [1.29, 1.82) is 0 Å². The third-order valence-corrected chi connectivity index (χ3v) is 11.0. The zero-order valence-electron chi connectivity index (χ0n) is 20.3. The lowest BCUT2D eigenvalue weighted by molar-refractivity contribution is -0.142. The summed E-state index contributed by atoms with van der Waals surface area (Å²) in [7, 11) is -2.76. The second-order valence-electron chi connectivity index (χ2n) is 9.08. The number of nitrogens with one attached hydrogen (secondary N) is 1. The maximum absolute atomic E-state index is 13.3. The molecule has 3 heterocycles. The van der Waals surface area contributed by atoms with E-state index in [1.54, 1.807) is 18.5 Å². The van der Waals surface area contributed by atoms with Crippen molar-refractivity contribution in [3.63, 3.8) is 0 Å². The summed E-state index contributed by atoms with van der Waals surface area (Å²) in [5, 5.41) is 5.06. The van der Waals surface area contributed by atoms with Crippen molar-refractivity contribution >= 4 is 55.6 Å². The van der Waals surface area contributed by atoms with Gasteiger partial charge < -0.3 is 15.0 Å². The Kier molecular flexibility index (Phi) is 8.43. The molecule has 1 aliphatic heterocycles. The van der Waals surface area contributed by atoms with Gasteiger partial charge in [-0.15, -0.1) is 22.7 Å². The minimum Gasteiger partial charge on any atom is -0.465 e. The van der Waals surface area contributed by atoms with Crippen LogP contribution in [-0.2, 0) is 24.3 Å². The molecule has 4 rings (SSSR count). The first-order chi connectivity index (χ1) is 17.2. The van der Waals surface area contributed by atoms with Crippen LogP contribution in [0, 0.1) is 12.8 Å². The average molecular weight is 555 g/mol. The van der Waals surface area contributed by atoms with Crippen LogP contribution in [0.3, 0.4) is 0 Å². The largest absolute Gasteiger partial charge is 0.465 e. The van der Waals surface area contributed by atoms with Crippen molar-refractivity contribution in [1.82, 2.24) is 14.2 Å². The molecule has 2 aromatic heterocycles. The number of amides is 2. The molecule has 2 aromatic rings. The Morgan fingerprint density at radius 1 is 1.25 bits per heavy atom. The summed E-state index contributed by atoms with van der Waals surface area (Å²) in [4.78, 5) is 44.2. The number of methoxy groups -OCH3 is 1. The van der Waals surface area contributed by atoms with Gasteiger partial charge in [0, 0.05) is 24.7 Å². The highest BCUT2D eigenvalue weighted by molar-refractivity contribution is 7.91. The van der Waals surface area contributed by atoms with E-state index in [9.17, 15) is 22.8 Å². The topological polar surface area (TPSA) is 126 Å². The lowest BCUT2D eigenvalue weighted by Gasteiger charge is -2.39. The number of anilines is 1. The monoisotopic (exact) mass is 554 g/mol. The number of thiazole rings is 1. The Morgan fingerprint density at radius 3 is 2.64 bits per heavy atom. The van der Waals surface area contributed by atoms with E-state index < -0.39 is 27.9 Å². The van der Waals surface area contributed by atoms with Crippen molar-refractivity contribution in [2.45, 2.75) is 55.7 Å². The number of esters is 1. The molecule has 196 valence electrons. The van der Waals surface area contributed by atoms with Crippen molar-refractivity contribution in [2.24, 2.45) is 5.92 Å². The van der Waals surface area contributed by atoms with E-state index in [0.29, 0.717) is 23.0 Å². The average Bonchev–Trinajstić information content (AvgIpc) is 3.52. The minimum atomic E-state index is -4.00. The molecule has 0 spiro atoms. The fourth-order valence-electron chi connectivity index (χ4n) is 4.83. The Labute approximate surface area is 218 Å². The van der Waals surface area contributed by atoms with Gasteiger partial charge in [0.1, 0.15) is 15.1 Å². The van der Waals surface area contributed by atoms with E-state index >= 15 is 0 Å². The summed E-state index contributed by atoms with van der Waals surface area (Å²) < 4.78 is 32.5. The predicted molar refractivity (Wildman–Crippen MR) is 137 cm³/mol. The number of carbonyl (C=O) groups is 3. The molecular formula is C23H30N4O6S3. The van der Waals surface area contributed by atoms with Gasteiger partial charge in [-0.25, -0.2) is 18.2 Å². The summed E-state index contributed by atoms with van der Waals surface area (Å²) in [6, 6.07) is 0.786. The highest BCUT2D eigenvalue weighted by Gasteiger charge is 2.40. The number of piperazine rings is 1. The third kappa shape index (κ3) is 5.79. The summed E-state index contributed by atoms with van der Waals surface area (Å²) in [6.07, 6.45) is 7.58. The van der Waals surface area contributed by atoms with Gasteiger partial charge >= 0.3 is 5.97 Å². The van der Waals surface area contributed by atoms with Gasteiger partial charge in [-0.05, 0) is 30.9 Å². The van der Waals surface area contributed by atoms with Crippen LogP contribution in [-0.4, -0.2) is 73.2 Å². The van der Waals surface area contributed by atoms with Crippen LogP contribution < -0.4 is 5.32 Å². The number of aromatic nitrogens is 1. The number of rotatable bonds is 8. The minimum absolute atomic E-state index is 0.0180. The first kappa shape index (κ1) is 26.7. The molecule has 2 amide bonds. The standard InChI is InChI=1S/C23H30N4O6S3/c1-15-12-18(21(30)33-2)35-22(15)36(31,32)26-9-10-27(19(28)14-26)17(13-16-6-4-3-5-7-16)20(29)25-23-24-8-11-34-23/h8,11-12,16-17H,3-7,9-10,13-14H2,1-2H3,(H,24,25,29). The number of nitrogens with zero attached hydrogens (tertiary/aromatic N) is 3. The van der Waals surface area contributed by atoms with E-state index in [1.165, 1.54) is 35.8 Å². The van der Waals surface area contributed by atoms with Gasteiger partial charge in [0.2, 0.25) is 11.8 Å². The Bertz CT molecular complexity index is 1200. The molecule has 2 fully saturated rings. The molecule has 0 bridgehead atoms. The molecule has 1 saturated heterocycles. The van der Waals surface area contributed by atoms with Crippen molar-refractivity contribution in [2.75, 3.05) is 32.1 Å². The molecule has 10 nitrogen and oxygen atoms in total. The number of sulfonamides is 1. The molecule has 0 aromatic carbocycles. The lowest BCUT2D eigenvalue weighted by atomic mass is 9.84. The molecule has 1 saturated carbocycles. The zero-order valence-corrected chi connectivity index (χ0v) is 22.7. The first-order valence-electron chi connectivity index (χ1n) is 11.9. The molecular weight excluding hydrogens is 524 g/mol. The first-order valence-corrected chi connectivity index (χ1v) is 15.0. The molecule has 36 heavy (non-hydrogen) atoms. The van der Waals surface area contributed by atoms with Crippen LogP contribution in [0.5, 0.6) is 0 Å². The van der Waals surface area contributed by atoms with Gasteiger partial charge in [0.15, 0.2) is 5.13 Å². The van der Waals surface area contributed by atoms with Crippen molar-refractivity contribution < 1.29 is 27.5 Å². The third-order valence-electron chi connectivity index (χ3n) is 6.68. The molecule has 0 radical (unpaired) electrons. The molecule has 1 aliphatic carbocycles. The summed E-state index contributed by atoms with van der Waals surface area (Å²) in [5.74, 6) is -0.979. The molecule has 1 unspecified atom stereocenters. The van der Waals surface area contributed by atoms with Crippen LogP contribution in [0.4, 0.5) is 5.13 Å². The normalized spacial score (nSPS) is 18.7.